The van der Waals surface area contributed by atoms with E-state index in [1.54, 1.807) is 6.08 Å². The molecule has 0 N–H and O–H groups in total. The fourth-order valence-electron chi connectivity index (χ4n) is 2.60. The van der Waals surface area contributed by atoms with E-state index in [0.717, 1.165) is 12.8 Å². The Morgan fingerprint density at radius 3 is 1.55 bits per heavy atom. The van der Waals surface area contributed by atoms with Crippen LogP contribution in [-0.4, -0.2) is 5.78 Å². The van der Waals surface area contributed by atoms with Crippen molar-refractivity contribution in [3.8, 4) is 0 Å². The van der Waals surface area contributed by atoms with Gasteiger partial charge in [-0.1, -0.05) is 90.0 Å². The summed E-state index contributed by atoms with van der Waals surface area (Å²) in [5.41, 5.74) is 0. The molecule has 0 aliphatic rings. The predicted molar refractivity (Wildman–Crippen MR) is 90.1 cm³/mol. The second-order valence-corrected chi connectivity index (χ2v) is 6.02. The van der Waals surface area contributed by atoms with Gasteiger partial charge >= 0.3 is 0 Å². The van der Waals surface area contributed by atoms with Crippen molar-refractivity contribution < 1.29 is 4.79 Å². The summed E-state index contributed by atoms with van der Waals surface area (Å²) >= 11 is 0. The van der Waals surface area contributed by atoms with Crippen molar-refractivity contribution in [3.05, 3.63) is 12.7 Å². The van der Waals surface area contributed by atoms with Crippen LogP contribution in [0.15, 0.2) is 12.7 Å². The maximum Gasteiger partial charge on any atom is 0.136 e. The van der Waals surface area contributed by atoms with Gasteiger partial charge in [0.25, 0.3) is 0 Å². The Morgan fingerprint density at radius 2 is 1.15 bits per heavy atom. The molecule has 0 unspecified atom stereocenters. The quantitative estimate of drug-likeness (QED) is 0.229. The predicted octanol–water partition coefficient (Wildman–Crippen LogP) is 6.61. The highest BCUT2D eigenvalue weighted by atomic mass is 16.1. The van der Waals surface area contributed by atoms with E-state index in [9.17, 15) is 4.79 Å². The zero-order valence-electron chi connectivity index (χ0n) is 13.8. The molecule has 118 valence electrons. The second kappa shape index (κ2) is 16.5. The Bertz CT molecular complexity index is 220. The van der Waals surface area contributed by atoms with Crippen LogP contribution in [-0.2, 0) is 4.79 Å². The van der Waals surface area contributed by atoms with Crippen molar-refractivity contribution in [2.45, 2.75) is 103 Å². The van der Waals surface area contributed by atoms with Gasteiger partial charge in [0, 0.05) is 12.8 Å². The summed E-state index contributed by atoms with van der Waals surface area (Å²) in [6, 6.07) is 0. The van der Waals surface area contributed by atoms with Crippen molar-refractivity contribution in [1.29, 1.82) is 0 Å². The third-order valence-electron chi connectivity index (χ3n) is 3.93. The van der Waals surface area contributed by atoms with Crippen LogP contribution >= 0.6 is 0 Å². The van der Waals surface area contributed by atoms with Gasteiger partial charge in [-0.2, -0.15) is 0 Å². The minimum Gasteiger partial charge on any atom is -0.299 e. The molecule has 0 saturated heterocycles. The van der Waals surface area contributed by atoms with Crippen molar-refractivity contribution >= 4 is 5.78 Å². The lowest BCUT2D eigenvalue weighted by atomic mass is 10.0. The molecule has 1 heteroatoms. The molecule has 20 heavy (non-hydrogen) atoms. The topological polar surface area (TPSA) is 17.1 Å². The van der Waals surface area contributed by atoms with Crippen LogP contribution in [0.3, 0.4) is 0 Å². The Balaban J connectivity index is 3.02. The fourth-order valence-corrected chi connectivity index (χ4v) is 2.60. The second-order valence-electron chi connectivity index (χ2n) is 6.02. The third kappa shape index (κ3) is 15.5. The lowest BCUT2D eigenvalue weighted by molar-refractivity contribution is -0.118. The van der Waals surface area contributed by atoms with Gasteiger partial charge in [-0.15, -0.1) is 6.58 Å². The van der Waals surface area contributed by atoms with Gasteiger partial charge in [0.2, 0.25) is 0 Å². The van der Waals surface area contributed by atoms with E-state index in [2.05, 4.69) is 13.5 Å². The van der Waals surface area contributed by atoms with Crippen LogP contribution < -0.4 is 0 Å². The summed E-state index contributed by atoms with van der Waals surface area (Å²) in [6.07, 6.45) is 20.7. The van der Waals surface area contributed by atoms with Crippen LogP contribution in [0.2, 0.25) is 0 Å². The van der Waals surface area contributed by atoms with Crippen LogP contribution in [0.5, 0.6) is 0 Å². The fraction of sp³-hybridized carbons (Fsp3) is 0.842. The van der Waals surface area contributed by atoms with E-state index in [1.807, 2.05) is 0 Å². The molecule has 0 aliphatic heterocycles. The monoisotopic (exact) mass is 280 g/mol. The first-order valence-electron chi connectivity index (χ1n) is 8.93. The number of unbranched alkanes of at least 4 members (excludes halogenated alkanes) is 12. The van der Waals surface area contributed by atoms with E-state index in [-0.39, 0.29) is 0 Å². The first kappa shape index (κ1) is 19.4. The van der Waals surface area contributed by atoms with Crippen LogP contribution in [0.4, 0.5) is 0 Å². The summed E-state index contributed by atoms with van der Waals surface area (Å²) in [5, 5.41) is 0. The zero-order chi connectivity index (χ0) is 14.9. The number of hydrogen-bond acceptors (Lipinski definition) is 1. The molecule has 0 aromatic heterocycles. The summed E-state index contributed by atoms with van der Waals surface area (Å²) in [6.45, 7) is 5.87. The molecule has 0 aromatic rings. The van der Waals surface area contributed by atoms with E-state index in [0.29, 0.717) is 12.2 Å². The Kier molecular flexibility index (Phi) is 16.0. The highest BCUT2D eigenvalue weighted by Gasteiger charge is 1.98. The van der Waals surface area contributed by atoms with Gasteiger partial charge in [-0.25, -0.2) is 0 Å². The van der Waals surface area contributed by atoms with Gasteiger partial charge in [-0.05, 0) is 6.42 Å². The normalized spacial score (nSPS) is 10.7. The Hall–Kier alpha value is -0.590. The minimum absolute atomic E-state index is 0.350. The average molecular weight is 280 g/mol. The van der Waals surface area contributed by atoms with Crippen LogP contribution in [0.25, 0.3) is 0 Å². The Labute approximate surface area is 127 Å². The summed E-state index contributed by atoms with van der Waals surface area (Å²) in [7, 11) is 0. The first-order valence-corrected chi connectivity index (χ1v) is 8.93. The molecular weight excluding hydrogens is 244 g/mol. The summed E-state index contributed by atoms with van der Waals surface area (Å²) in [5.74, 6) is 0.350. The van der Waals surface area contributed by atoms with E-state index < -0.39 is 0 Å². The van der Waals surface area contributed by atoms with Crippen molar-refractivity contribution in [1.82, 2.24) is 0 Å². The van der Waals surface area contributed by atoms with Crippen molar-refractivity contribution in [2.75, 3.05) is 0 Å². The molecule has 0 bridgehead atoms. The molecule has 0 fully saturated rings. The van der Waals surface area contributed by atoms with Gasteiger partial charge in [0.05, 0.1) is 0 Å². The largest absolute Gasteiger partial charge is 0.299 e. The standard InChI is InChI=1S/C19H36O/c1-3-5-6-7-8-9-10-11-12-13-14-15-16-18-19(20)17-4-2/h4H,2-3,5-18H2,1H3. The maximum absolute atomic E-state index is 11.3. The van der Waals surface area contributed by atoms with Crippen molar-refractivity contribution in [2.24, 2.45) is 0 Å². The average Bonchev–Trinajstić information content (AvgIpc) is 2.44. The molecule has 0 amide bonds. The number of rotatable bonds is 16. The highest BCUT2D eigenvalue weighted by Crippen LogP contribution is 2.13. The number of ketones is 1. The van der Waals surface area contributed by atoms with Gasteiger partial charge in [-0.3, -0.25) is 4.79 Å². The van der Waals surface area contributed by atoms with E-state index >= 15 is 0 Å². The van der Waals surface area contributed by atoms with Gasteiger partial charge < -0.3 is 0 Å². The minimum atomic E-state index is 0.350. The third-order valence-corrected chi connectivity index (χ3v) is 3.93. The number of Topliss-reactive ketones (excluding diaryl/α,β-unsaturated/α-hetero) is 1. The Morgan fingerprint density at radius 1 is 0.750 bits per heavy atom. The molecular formula is C19H36O. The lowest BCUT2D eigenvalue weighted by Gasteiger charge is -2.03. The molecule has 0 rings (SSSR count). The number of carbonyl (C=O) groups excluding carboxylic acids is 1. The van der Waals surface area contributed by atoms with E-state index in [4.69, 9.17) is 0 Å². The molecule has 0 spiro atoms. The van der Waals surface area contributed by atoms with E-state index in [1.165, 1.54) is 77.0 Å². The van der Waals surface area contributed by atoms with Crippen LogP contribution in [0.1, 0.15) is 103 Å². The highest BCUT2D eigenvalue weighted by molar-refractivity contribution is 5.79. The lowest BCUT2D eigenvalue weighted by Crippen LogP contribution is -1.94. The van der Waals surface area contributed by atoms with Crippen LogP contribution in [0, 0.1) is 0 Å². The summed E-state index contributed by atoms with van der Waals surface area (Å²) in [4.78, 5) is 11.3. The maximum atomic E-state index is 11.3. The number of hydrogen-bond donors (Lipinski definition) is 0. The van der Waals surface area contributed by atoms with Crippen molar-refractivity contribution in [3.63, 3.8) is 0 Å². The molecule has 0 atom stereocenters. The SMILES string of the molecule is C=CCC(=O)CCCCCCCCCCCCCCC. The molecule has 1 nitrogen and oxygen atoms in total. The molecule has 0 heterocycles. The first-order chi connectivity index (χ1) is 9.81. The van der Waals surface area contributed by atoms with Gasteiger partial charge in [0.15, 0.2) is 0 Å². The molecule has 0 aromatic carbocycles. The summed E-state index contributed by atoms with van der Waals surface area (Å²) < 4.78 is 0. The van der Waals surface area contributed by atoms with Gasteiger partial charge in [0.1, 0.15) is 5.78 Å². The number of carbonyl (C=O) groups is 1. The zero-order valence-corrected chi connectivity index (χ0v) is 13.8. The molecule has 0 radical (unpaired) electrons. The molecule has 0 saturated carbocycles. The molecule has 0 aliphatic carbocycles. The smallest absolute Gasteiger partial charge is 0.136 e. The number of allylic oxidation sites excluding steroid dienone is 1.